The van der Waals surface area contributed by atoms with E-state index in [4.69, 9.17) is 0 Å². The van der Waals surface area contributed by atoms with Gasteiger partial charge in [0.05, 0.1) is 21.9 Å². The summed E-state index contributed by atoms with van der Waals surface area (Å²) in [7, 11) is 0. The molecule has 1 amide bonds. The van der Waals surface area contributed by atoms with Gasteiger partial charge in [0, 0.05) is 30.3 Å². The minimum atomic E-state index is -0.459. The molecular formula is C18H16N4O3. The number of carbonyl (C=O) groups excluding carboxylic acids is 1. The Morgan fingerprint density at radius 3 is 2.76 bits per heavy atom. The first kappa shape index (κ1) is 15.3. The molecule has 0 bridgehead atoms. The molecule has 1 aromatic heterocycles. The molecule has 0 atom stereocenters. The van der Waals surface area contributed by atoms with E-state index in [1.54, 1.807) is 24.0 Å². The molecule has 0 radical (unpaired) electrons. The Kier molecular flexibility index (Phi) is 3.49. The smallest absolute Gasteiger partial charge is 0.273 e. The van der Waals surface area contributed by atoms with Crippen LogP contribution in [0.5, 0.6) is 0 Å². The van der Waals surface area contributed by atoms with Crippen LogP contribution in [0.25, 0.3) is 11.0 Å². The number of nitro benzene ring substituents is 1. The molecule has 2 aromatic carbocycles. The molecule has 0 aliphatic carbocycles. The SMILES string of the molecule is Cc1ccc(C(=O)N2CC(c3nc4ccccc4[nH]3)C2)cc1[N+](=O)[O-]. The molecular weight excluding hydrogens is 320 g/mol. The Morgan fingerprint density at radius 2 is 2.04 bits per heavy atom. The van der Waals surface area contributed by atoms with Gasteiger partial charge >= 0.3 is 0 Å². The molecule has 3 aromatic rings. The summed E-state index contributed by atoms with van der Waals surface area (Å²) in [4.78, 5) is 32.7. The molecule has 1 aliphatic rings. The largest absolute Gasteiger partial charge is 0.342 e. The van der Waals surface area contributed by atoms with Crippen molar-refractivity contribution >= 4 is 22.6 Å². The van der Waals surface area contributed by atoms with E-state index in [1.807, 2.05) is 24.3 Å². The lowest BCUT2D eigenvalue weighted by molar-refractivity contribution is -0.385. The van der Waals surface area contributed by atoms with E-state index in [0.29, 0.717) is 24.2 Å². The number of likely N-dealkylation sites (tertiary alicyclic amines) is 1. The molecule has 1 aliphatic heterocycles. The zero-order valence-electron chi connectivity index (χ0n) is 13.6. The quantitative estimate of drug-likeness (QED) is 0.588. The average Bonchev–Trinajstić information content (AvgIpc) is 2.96. The summed E-state index contributed by atoms with van der Waals surface area (Å²) in [6.45, 7) is 2.77. The highest BCUT2D eigenvalue weighted by atomic mass is 16.6. The fraction of sp³-hybridized carbons (Fsp3) is 0.222. The van der Waals surface area contributed by atoms with Crippen molar-refractivity contribution < 1.29 is 9.72 Å². The van der Waals surface area contributed by atoms with Gasteiger partial charge in [-0.2, -0.15) is 0 Å². The third-order valence-electron chi connectivity index (χ3n) is 4.62. The van der Waals surface area contributed by atoms with Crippen LogP contribution in [-0.2, 0) is 0 Å². The van der Waals surface area contributed by atoms with Crippen molar-refractivity contribution in [2.45, 2.75) is 12.8 Å². The number of aromatic amines is 1. The molecule has 0 spiro atoms. The van der Waals surface area contributed by atoms with Crippen LogP contribution in [0.4, 0.5) is 5.69 Å². The van der Waals surface area contributed by atoms with Crippen LogP contribution in [0.2, 0.25) is 0 Å². The zero-order valence-corrected chi connectivity index (χ0v) is 13.6. The summed E-state index contributed by atoms with van der Waals surface area (Å²) in [5, 5.41) is 11.0. The Labute approximate surface area is 143 Å². The number of hydrogen-bond donors (Lipinski definition) is 1. The van der Waals surface area contributed by atoms with Crippen molar-refractivity contribution in [1.82, 2.24) is 14.9 Å². The molecule has 0 saturated carbocycles. The monoisotopic (exact) mass is 336 g/mol. The van der Waals surface area contributed by atoms with E-state index in [2.05, 4.69) is 9.97 Å². The first-order valence-electron chi connectivity index (χ1n) is 8.02. The molecule has 2 heterocycles. The first-order valence-corrected chi connectivity index (χ1v) is 8.02. The van der Waals surface area contributed by atoms with Crippen LogP contribution >= 0.6 is 0 Å². The van der Waals surface area contributed by atoms with Gasteiger partial charge < -0.3 is 9.88 Å². The van der Waals surface area contributed by atoms with Gasteiger partial charge in [0.2, 0.25) is 0 Å². The maximum atomic E-state index is 12.5. The number of amides is 1. The molecule has 0 unspecified atom stereocenters. The first-order chi connectivity index (χ1) is 12.0. The van der Waals surface area contributed by atoms with E-state index in [9.17, 15) is 14.9 Å². The van der Waals surface area contributed by atoms with E-state index >= 15 is 0 Å². The lowest BCUT2D eigenvalue weighted by atomic mass is 9.97. The Bertz CT molecular complexity index is 956. The van der Waals surface area contributed by atoms with Gasteiger partial charge in [-0.25, -0.2) is 4.98 Å². The van der Waals surface area contributed by atoms with Crippen molar-refractivity contribution in [3.05, 3.63) is 69.5 Å². The number of imidazole rings is 1. The van der Waals surface area contributed by atoms with E-state index in [1.165, 1.54) is 6.07 Å². The topological polar surface area (TPSA) is 92.1 Å². The highest BCUT2D eigenvalue weighted by molar-refractivity contribution is 5.95. The van der Waals surface area contributed by atoms with Crippen molar-refractivity contribution in [1.29, 1.82) is 0 Å². The molecule has 4 rings (SSSR count). The number of aryl methyl sites for hydroxylation is 1. The van der Waals surface area contributed by atoms with Gasteiger partial charge in [-0.05, 0) is 25.1 Å². The van der Waals surface area contributed by atoms with Crippen LogP contribution in [0.3, 0.4) is 0 Å². The summed E-state index contributed by atoms with van der Waals surface area (Å²) >= 11 is 0. The normalized spacial score (nSPS) is 14.5. The van der Waals surface area contributed by atoms with Gasteiger partial charge in [-0.3, -0.25) is 14.9 Å². The third kappa shape index (κ3) is 2.63. The number of hydrogen-bond acceptors (Lipinski definition) is 4. The highest BCUT2D eigenvalue weighted by Gasteiger charge is 2.34. The number of para-hydroxylation sites is 2. The van der Waals surface area contributed by atoms with Crippen molar-refractivity contribution in [3.8, 4) is 0 Å². The second-order valence-corrected chi connectivity index (χ2v) is 6.30. The fourth-order valence-corrected chi connectivity index (χ4v) is 3.10. The average molecular weight is 336 g/mol. The van der Waals surface area contributed by atoms with E-state index in [0.717, 1.165) is 16.9 Å². The molecule has 7 heteroatoms. The minimum absolute atomic E-state index is 0.0276. The van der Waals surface area contributed by atoms with Crippen molar-refractivity contribution in [2.24, 2.45) is 0 Å². The molecule has 7 nitrogen and oxygen atoms in total. The van der Waals surface area contributed by atoms with E-state index in [-0.39, 0.29) is 17.5 Å². The molecule has 25 heavy (non-hydrogen) atoms. The minimum Gasteiger partial charge on any atom is -0.342 e. The molecule has 1 N–H and O–H groups in total. The Balaban J connectivity index is 1.49. The summed E-state index contributed by atoms with van der Waals surface area (Å²) in [5.74, 6) is 0.854. The zero-order chi connectivity index (χ0) is 17.6. The lowest BCUT2D eigenvalue weighted by Crippen LogP contribution is -2.48. The van der Waals surface area contributed by atoms with Crippen LogP contribution in [0.1, 0.15) is 27.7 Å². The summed E-state index contributed by atoms with van der Waals surface area (Å²) in [6, 6.07) is 12.4. The number of nitro groups is 1. The van der Waals surface area contributed by atoms with E-state index < -0.39 is 4.92 Å². The maximum Gasteiger partial charge on any atom is 0.273 e. The maximum absolute atomic E-state index is 12.5. The fourth-order valence-electron chi connectivity index (χ4n) is 3.10. The number of fused-ring (bicyclic) bond motifs is 1. The van der Waals surface area contributed by atoms with Crippen LogP contribution in [0.15, 0.2) is 42.5 Å². The highest BCUT2D eigenvalue weighted by Crippen LogP contribution is 2.29. The number of carbonyl (C=O) groups is 1. The predicted octanol–water partition coefficient (Wildman–Crippen LogP) is 3.02. The number of H-pyrrole nitrogens is 1. The van der Waals surface area contributed by atoms with Gasteiger partial charge in [-0.1, -0.05) is 18.2 Å². The summed E-state index contributed by atoms with van der Waals surface area (Å²) < 4.78 is 0. The van der Waals surface area contributed by atoms with Gasteiger partial charge in [0.15, 0.2) is 0 Å². The molecule has 1 saturated heterocycles. The summed E-state index contributed by atoms with van der Waals surface area (Å²) in [6.07, 6.45) is 0. The lowest BCUT2D eigenvalue weighted by Gasteiger charge is -2.38. The number of nitrogens with zero attached hydrogens (tertiary/aromatic N) is 3. The third-order valence-corrected chi connectivity index (χ3v) is 4.62. The second kappa shape index (κ2) is 5.70. The second-order valence-electron chi connectivity index (χ2n) is 6.30. The predicted molar refractivity (Wildman–Crippen MR) is 92.6 cm³/mol. The molecule has 126 valence electrons. The van der Waals surface area contributed by atoms with Crippen molar-refractivity contribution in [2.75, 3.05) is 13.1 Å². The van der Waals surface area contributed by atoms with Gasteiger partial charge in [-0.15, -0.1) is 0 Å². The van der Waals surface area contributed by atoms with Gasteiger partial charge in [0.25, 0.3) is 11.6 Å². The summed E-state index contributed by atoms with van der Waals surface area (Å²) in [5.41, 5.74) is 2.76. The van der Waals surface area contributed by atoms with Crippen LogP contribution < -0.4 is 0 Å². The molecule has 1 fully saturated rings. The van der Waals surface area contributed by atoms with Gasteiger partial charge in [0.1, 0.15) is 5.82 Å². The van der Waals surface area contributed by atoms with Crippen molar-refractivity contribution in [3.63, 3.8) is 0 Å². The standard InChI is InChI=1S/C18H16N4O3/c1-11-6-7-12(8-16(11)22(24)25)18(23)21-9-13(10-21)17-19-14-4-2-3-5-15(14)20-17/h2-8,13H,9-10H2,1H3,(H,19,20). The number of aromatic nitrogens is 2. The van der Waals surface area contributed by atoms with Crippen LogP contribution in [-0.4, -0.2) is 38.8 Å². The number of nitrogens with one attached hydrogen (secondary N) is 1. The number of benzene rings is 2. The number of rotatable bonds is 3. The Hall–Kier alpha value is -3.22. The Morgan fingerprint density at radius 1 is 1.28 bits per heavy atom. The van der Waals surface area contributed by atoms with Crippen LogP contribution in [0, 0.1) is 17.0 Å².